The van der Waals surface area contributed by atoms with E-state index in [0.717, 1.165) is 47.1 Å². The van der Waals surface area contributed by atoms with Crippen LogP contribution in [0.1, 0.15) is 29.7 Å². The van der Waals surface area contributed by atoms with Crippen molar-refractivity contribution in [2.45, 2.75) is 24.8 Å². The Labute approximate surface area is 202 Å². The lowest BCUT2D eigenvalue weighted by atomic mass is 9.91. The van der Waals surface area contributed by atoms with Crippen LogP contribution in [0.5, 0.6) is 0 Å². The van der Waals surface area contributed by atoms with Crippen LogP contribution in [0.4, 0.5) is 4.39 Å². The maximum absolute atomic E-state index is 15.0. The minimum atomic E-state index is -0.205. The zero-order valence-electron chi connectivity index (χ0n) is 19.2. The molecule has 174 valence electrons. The molecule has 2 aromatic carbocycles. The van der Waals surface area contributed by atoms with Crippen molar-refractivity contribution in [1.29, 1.82) is 0 Å². The molecule has 7 heteroatoms. The monoisotopic (exact) mass is 465 g/mol. The van der Waals surface area contributed by atoms with Gasteiger partial charge in [0.05, 0.1) is 30.7 Å². The number of benzene rings is 2. The molecule has 1 aliphatic carbocycles. The van der Waals surface area contributed by atoms with Crippen molar-refractivity contribution in [3.05, 3.63) is 96.0 Å². The number of imidazole rings is 1. The molecule has 0 N–H and O–H groups in total. The Morgan fingerprint density at radius 1 is 0.971 bits per heavy atom. The normalized spacial score (nSPS) is 17.4. The van der Waals surface area contributed by atoms with Gasteiger partial charge >= 0.3 is 0 Å². The number of ether oxygens (including phenoxy) is 1. The third kappa shape index (κ3) is 3.50. The summed E-state index contributed by atoms with van der Waals surface area (Å²) in [6.45, 7) is 2.65. The zero-order chi connectivity index (χ0) is 23.4. The van der Waals surface area contributed by atoms with Crippen LogP contribution in [0.25, 0.3) is 27.8 Å². The number of fused-ring (bicyclic) bond motifs is 2. The third-order valence-electron chi connectivity index (χ3n) is 7.37. The van der Waals surface area contributed by atoms with Gasteiger partial charge in [0.25, 0.3) is 0 Å². The molecule has 3 aromatic heterocycles. The summed E-state index contributed by atoms with van der Waals surface area (Å²) in [6.07, 6.45) is 9.68. The molecule has 0 amide bonds. The number of halogens is 1. The topological polar surface area (TPSA) is 55.5 Å². The fraction of sp³-hybridized carbons (Fsp3) is 0.250. The van der Waals surface area contributed by atoms with Crippen molar-refractivity contribution >= 4 is 16.7 Å². The van der Waals surface area contributed by atoms with Crippen LogP contribution in [0.2, 0.25) is 0 Å². The SMILES string of the molecule is Fc1cc(-c2cnc3ncc(C4(c5ccc6ncccc6c5)CC4)n3c2)ccc1CN1CCOC1. The second-order valence-electron chi connectivity index (χ2n) is 9.55. The summed E-state index contributed by atoms with van der Waals surface area (Å²) in [7, 11) is 0. The predicted molar refractivity (Wildman–Crippen MR) is 131 cm³/mol. The lowest BCUT2D eigenvalue weighted by molar-refractivity contribution is 0.136. The van der Waals surface area contributed by atoms with Crippen LogP contribution in [-0.2, 0) is 16.7 Å². The van der Waals surface area contributed by atoms with Crippen molar-refractivity contribution in [3.63, 3.8) is 0 Å². The molecule has 5 aromatic rings. The number of hydrogen-bond acceptors (Lipinski definition) is 5. The molecular weight excluding hydrogens is 441 g/mol. The van der Waals surface area contributed by atoms with E-state index in [1.807, 2.05) is 36.8 Å². The lowest BCUT2D eigenvalue weighted by Gasteiger charge is -2.17. The van der Waals surface area contributed by atoms with Crippen molar-refractivity contribution in [2.24, 2.45) is 0 Å². The number of hydrogen-bond donors (Lipinski definition) is 0. The van der Waals surface area contributed by atoms with E-state index in [1.54, 1.807) is 12.3 Å². The predicted octanol–water partition coefficient (Wildman–Crippen LogP) is 4.95. The highest BCUT2D eigenvalue weighted by atomic mass is 19.1. The van der Waals surface area contributed by atoms with Crippen molar-refractivity contribution < 1.29 is 9.13 Å². The summed E-state index contributed by atoms with van der Waals surface area (Å²) in [5.41, 5.74) is 5.65. The summed E-state index contributed by atoms with van der Waals surface area (Å²) >= 11 is 0. The first-order chi connectivity index (χ1) is 17.2. The van der Waals surface area contributed by atoms with Gasteiger partial charge in [-0.25, -0.2) is 14.4 Å². The van der Waals surface area contributed by atoms with Crippen molar-refractivity contribution in [2.75, 3.05) is 19.9 Å². The number of aromatic nitrogens is 4. The van der Waals surface area contributed by atoms with Crippen LogP contribution < -0.4 is 0 Å². The van der Waals surface area contributed by atoms with Gasteiger partial charge in [-0.15, -0.1) is 0 Å². The van der Waals surface area contributed by atoms with Crippen LogP contribution in [-0.4, -0.2) is 44.1 Å². The Kier molecular flexibility index (Phi) is 4.69. The average Bonchev–Trinajstić information content (AvgIpc) is 3.31. The molecule has 0 unspecified atom stereocenters. The summed E-state index contributed by atoms with van der Waals surface area (Å²) < 4.78 is 22.4. The molecule has 6 nitrogen and oxygen atoms in total. The van der Waals surface area contributed by atoms with Gasteiger partial charge < -0.3 is 4.74 Å². The molecule has 2 aliphatic rings. The number of pyridine rings is 1. The van der Waals surface area contributed by atoms with Gasteiger partial charge in [-0.1, -0.05) is 24.3 Å². The number of rotatable bonds is 5. The van der Waals surface area contributed by atoms with Crippen LogP contribution >= 0.6 is 0 Å². The highest BCUT2D eigenvalue weighted by Gasteiger charge is 2.48. The molecule has 0 atom stereocenters. The molecular formula is C28H24FN5O. The molecule has 1 saturated carbocycles. The molecule has 2 fully saturated rings. The largest absolute Gasteiger partial charge is 0.365 e. The van der Waals surface area contributed by atoms with E-state index in [-0.39, 0.29) is 11.2 Å². The minimum Gasteiger partial charge on any atom is -0.365 e. The van der Waals surface area contributed by atoms with Gasteiger partial charge in [0.1, 0.15) is 5.82 Å². The minimum absolute atomic E-state index is 0.0866. The fourth-order valence-electron chi connectivity index (χ4n) is 5.24. The summed E-state index contributed by atoms with van der Waals surface area (Å²) in [5.74, 6) is 0.451. The van der Waals surface area contributed by atoms with Crippen molar-refractivity contribution in [1.82, 2.24) is 24.3 Å². The van der Waals surface area contributed by atoms with E-state index in [1.165, 1.54) is 5.56 Å². The molecule has 35 heavy (non-hydrogen) atoms. The smallest absolute Gasteiger partial charge is 0.233 e. The van der Waals surface area contributed by atoms with E-state index < -0.39 is 0 Å². The third-order valence-corrected chi connectivity index (χ3v) is 7.37. The zero-order valence-corrected chi connectivity index (χ0v) is 19.2. The Balaban J connectivity index is 1.25. The van der Waals surface area contributed by atoms with Gasteiger partial charge in [0, 0.05) is 53.6 Å². The Morgan fingerprint density at radius 3 is 2.71 bits per heavy atom. The number of nitrogens with zero attached hydrogens (tertiary/aromatic N) is 5. The Morgan fingerprint density at radius 2 is 1.89 bits per heavy atom. The molecule has 4 heterocycles. The molecule has 1 aliphatic heterocycles. The van der Waals surface area contributed by atoms with Gasteiger partial charge in [-0.3, -0.25) is 14.3 Å². The standard InChI is InChI=1S/C28H24FN5O/c29-24-13-19(3-4-21(24)16-33-10-11-35-18-33)22-14-31-27-32-15-26(34(27)17-22)28(7-8-28)23-5-6-25-20(12-23)2-1-9-30-25/h1-6,9,12-15,17H,7-8,10-11,16,18H2. The molecule has 0 bridgehead atoms. The first kappa shape index (κ1) is 20.7. The maximum Gasteiger partial charge on any atom is 0.233 e. The van der Waals surface area contributed by atoms with E-state index in [0.29, 0.717) is 31.2 Å². The van der Waals surface area contributed by atoms with E-state index in [9.17, 15) is 4.39 Å². The Bertz CT molecular complexity index is 1570. The molecule has 0 radical (unpaired) electrons. The van der Waals surface area contributed by atoms with E-state index in [2.05, 4.69) is 48.5 Å². The van der Waals surface area contributed by atoms with Gasteiger partial charge in [-0.05, 0) is 48.2 Å². The summed E-state index contributed by atoms with van der Waals surface area (Å²) in [4.78, 5) is 15.7. The van der Waals surface area contributed by atoms with Crippen LogP contribution in [0.3, 0.4) is 0 Å². The molecule has 7 rings (SSSR count). The second-order valence-corrected chi connectivity index (χ2v) is 9.55. The lowest BCUT2D eigenvalue weighted by Crippen LogP contribution is -2.19. The molecule has 1 saturated heterocycles. The highest BCUT2D eigenvalue weighted by Crippen LogP contribution is 2.53. The van der Waals surface area contributed by atoms with Crippen LogP contribution in [0, 0.1) is 5.82 Å². The highest BCUT2D eigenvalue weighted by molar-refractivity contribution is 5.79. The summed E-state index contributed by atoms with van der Waals surface area (Å²) in [5, 5.41) is 1.14. The first-order valence-electron chi connectivity index (χ1n) is 12.0. The van der Waals surface area contributed by atoms with E-state index >= 15 is 0 Å². The van der Waals surface area contributed by atoms with E-state index in [4.69, 9.17) is 4.74 Å². The fourth-order valence-corrected chi connectivity index (χ4v) is 5.24. The quantitative estimate of drug-likeness (QED) is 0.368. The molecule has 0 spiro atoms. The second kappa shape index (κ2) is 7.93. The van der Waals surface area contributed by atoms with Gasteiger partial charge in [0.2, 0.25) is 5.78 Å². The summed E-state index contributed by atoms with van der Waals surface area (Å²) in [6, 6.07) is 16.0. The van der Waals surface area contributed by atoms with Crippen LogP contribution in [0.15, 0.2) is 73.3 Å². The van der Waals surface area contributed by atoms with Crippen molar-refractivity contribution in [3.8, 4) is 11.1 Å². The van der Waals surface area contributed by atoms with Gasteiger partial charge in [0.15, 0.2) is 0 Å². The first-order valence-corrected chi connectivity index (χ1v) is 12.0. The average molecular weight is 466 g/mol. The van der Waals surface area contributed by atoms with Gasteiger partial charge in [-0.2, -0.15) is 0 Å². The maximum atomic E-state index is 15.0. The Hall–Kier alpha value is -3.68.